The normalized spacial score (nSPS) is 19.2. The molecule has 2 aliphatic rings. The van der Waals surface area contributed by atoms with E-state index in [4.69, 9.17) is 16.3 Å². The molecule has 5 rings (SSSR count). The van der Waals surface area contributed by atoms with E-state index in [1.54, 1.807) is 48.5 Å². The van der Waals surface area contributed by atoms with Crippen molar-refractivity contribution in [2.24, 2.45) is 0 Å². The third-order valence-corrected chi connectivity index (χ3v) is 5.93. The maximum atomic E-state index is 14.0. The Morgan fingerprint density at radius 1 is 1.06 bits per heavy atom. The van der Waals surface area contributed by atoms with Gasteiger partial charge >= 0.3 is 0 Å². The van der Waals surface area contributed by atoms with Crippen LogP contribution < -0.4 is 9.64 Å². The second-order valence-corrected chi connectivity index (χ2v) is 8.06. The molecule has 1 unspecified atom stereocenters. The number of carbonyl (C=O) groups is 2. The first-order valence-corrected chi connectivity index (χ1v) is 10.4. The van der Waals surface area contributed by atoms with Gasteiger partial charge in [-0.15, -0.1) is 0 Å². The number of hydrogen-bond donors (Lipinski definition) is 1. The van der Waals surface area contributed by atoms with Crippen molar-refractivity contribution < 1.29 is 23.8 Å². The third-order valence-electron chi connectivity index (χ3n) is 5.68. The summed E-state index contributed by atoms with van der Waals surface area (Å²) in [5.41, 5.74) is 2.03. The van der Waals surface area contributed by atoms with Crippen LogP contribution in [-0.2, 0) is 16.0 Å². The molecule has 5 nitrogen and oxygen atoms in total. The number of nitrogens with zero attached hydrogens (tertiary/aromatic N) is 1. The largest absolute Gasteiger partial charge is 0.507 e. The van der Waals surface area contributed by atoms with Gasteiger partial charge in [0.05, 0.1) is 18.2 Å². The summed E-state index contributed by atoms with van der Waals surface area (Å²) in [6, 6.07) is 16.3. The lowest BCUT2D eigenvalue weighted by molar-refractivity contribution is -0.132. The predicted molar refractivity (Wildman–Crippen MR) is 118 cm³/mol. The van der Waals surface area contributed by atoms with E-state index in [1.807, 2.05) is 0 Å². The zero-order valence-electron chi connectivity index (χ0n) is 16.7. The first-order valence-electron chi connectivity index (χ1n) is 10.0. The smallest absolute Gasteiger partial charge is 0.300 e. The zero-order chi connectivity index (χ0) is 22.4. The van der Waals surface area contributed by atoms with Crippen LogP contribution in [0.4, 0.5) is 10.1 Å². The average molecular weight is 450 g/mol. The summed E-state index contributed by atoms with van der Waals surface area (Å²) < 4.78 is 19.5. The van der Waals surface area contributed by atoms with Crippen LogP contribution in [0, 0.1) is 5.82 Å². The molecule has 2 heterocycles. The number of ether oxygens (including phenoxy) is 1. The van der Waals surface area contributed by atoms with Crippen LogP contribution in [0.5, 0.6) is 5.75 Å². The van der Waals surface area contributed by atoms with E-state index in [0.29, 0.717) is 29.2 Å². The maximum absolute atomic E-state index is 14.0. The van der Waals surface area contributed by atoms with Crippen molar-refractivity contribution in [3.8, 4) is 5.75 Å². The Kier molecular flexibility index (Phi) is 4.94. The molecule has 1 saturated heterocycles. The highest BCUT2D eigenvalue weighted by Gasteiger charge is 2.47. The minimum Gasteiger partial charge on any atom is -0.507 e. The van der Waals surface area contributed by atoms with Crippen LogP contribution in [-0.4, -0.2) is 23.4 Å². The minimum atomic E-state index is -0.946. The number of fused-ring (bicyclic) bond motifs is 1. The van der Waals surface area contributed by atoms with E-state index in [0.717, 1.165) is 11.3 Å². The number of aliphatic hydroxyl groups is 1. The van der Waals surface area contributed by atoms with Gasteiger partial charge in [0.15, 0.2) is 0 Å². The van der Waals surface area contributed by atoms with E-state index in [9.17, 15) is 19.1 Å². The number of anilines is 1. The Labute approximate surface area is 188 Å². The summed E-state index contributed by atoms with van der Waals surface area (Å²) in [6.45, 7) is 0.550. The number of Topliss-reactive ketones (excluding diaryl/α,β-unsaturated/α-hetero) is 1. The summed E-state index contributed by atoms with van der Waals surface area (Å²) in [4.78, 5) is 27.4. The molecular weight excluding hydrogens is 433 g/mol. The summed E-state index contributed by atoms with van der Waals surface area (Å²) in [7, 11) is 0. The van der Waals surface area contributed by atoms with Gasteiger partial charge in [-0.05, 0) is 59.7 Å². The van der Waals surface area contributed by atoms with E-state index in [2.05, 4.69) is 0 Å². The van der Waals surface area contributed by atoms with Gasteiger partial charge in [-0.1, -0.05) is 29.8 Å². The molecular formula is C25H17ClFNO4. The average Bonchev–Trinajstić information content (AvgIpc) is 3.36. The van der Waals surface area contributed by atoms with E-state index < -0.39 is 23.5 Å². The van der Waals surface area contributed by atoms with Crippen molar-refractivity contribution in [3.05, 3.63) is 99.8 Å². The predicted octanol–water partition coefficient (Wildman–Crippen LogP) is 5.04. The van der Waals surface area contributed by atoms with Gasteiger partial charge in [-0.2, -0.15) is 0 Å². The van der Waals surface area contributed by atoms with E-state index >= 15 is 0 Å². The van der Waals surface area contributed by atoms with E-state index in [1.165, 1.54) is 23.1 Å². The maximum Gasteiger partial charge on any atom is 0.300 e. The van der Waals surface area contributed by atoms with Crippen molar-refractivity contribution >= 4 is 34.7 Å². The molecule has 1 atom stereocenters. The number of aliphatic hydroxyl groups excluding tert-OH is 1. The van der Waals surface area contributed by atoms with Crippen molar-refractivity contribution in [1.29, 1.82) is 0 Å². The molecule has 1 fully saturated rings. The molecule has 0 saturated carbocycles. The summed E-state index contributed by atoms with van der Waals surface area (Å²) in [5.74, 6) is -1.80. The van der Waals surface area contributed by atoms with Gasteiger partial charge in [0.2, 0.25) is 0 Å². The second-order valence-electron chi connectivity index (χ2n) is 7.62. The van der Waals surface area contributed by atoms with Crippen molar-refractivity contribution in [1.82, 2.24) is 0 Å². The van der Waals surface area contributed by atoms with Crippen LogP contribution in [0.25, 0.3) is 5.76 Å². The molecule has 1 amide bonds. The fourth-order valence-electron chi connectivity index (χ4n) is 4.17. The van der Waals surface area contributed by atoms with Crippen molar-refractivity contribution in [2.75, 3.05) is 11.5 Å². The van der Waals surface area contributed by atoms with Crippen LogP contribution >= 0.6 is 11.6 Å². The molecule has 0 aromatic heterocycles. The number of ketones is 1. The molecule has 3 aromatic rings. The van der Waals surface area contributed by atoms with Crippen LogP contribution in [0.3, 0.4) is 0 Å². The molecule has 0 radical (unpaired) electrons. The Morgan fingerprint density at radius 3 is 2.59 bits per heavy atom. The van der Waals surface area contributed by atoms with Crippen molar-refractivity contribution in [2.45, 2.75) is 12.5 Å². The molecule has 0 aliphatic carbocycles. The van der Waals surface area contributed by atoms with Crippen LogP contribution in [0.1, 0.15) is 22.7 Å². The lowest BCUT2D eigenvalue weighted by Gasteiger charge is -2.25. The van der Waals surface area contributed by atoms with Gasteiger partial charge in [0, 0.05) is 22.7 Å². The van der Waals surface area contributed by atoms with Gasteiger partial charge < -0.3 is 9.84 Å². The number of halogens is 2. The highest BCUT2D eigenvalue weighted by atomic mass is 35.5. The highest BCUT2D eigenvalue weighted by Crippen LogP contribution is 2.43. The molecule has 160 valence electrons. The van der Waals surface area contributed by atoms with Crippen molar-refractivity contribution in [3.63, 3.8) is 0 Å². The molecule has 2 aliphatic heterocycles. The first-order chi connectivity index (χ1) is 15.4. The highest BCUT2D eigenvalue weighted by molar-refractivity contribution is 6.51. The number of rotatable bonds is 3. The quantitative estimate of drug-likeness (QED) is 0.345. The SMILES string of the molecule is O=C1C(=O)N(c2cccc(F)c2)C(c2ccc(Cl)cc2)/C1=C(/O)c1ccc2c(c1)CCO2. The summed E-state index contributed by atoms with van der Waals surface area (Å²) >= 11 is 6.03. The Bertz CT molecular complexity index is 1290. The monoisotopic (exact) mass is 449 g/mol. The lowest BCUT2D eigenvalue weighted by Crippen LogP contribution is -2.29. The molecule has 3 aromatic carbocycles. The van der Waals surface area contributed by atoms with Gasteiger partial charge in [-0.3, -0.25) is 14.5 Å². The summed E-state index contributed by atoms with van der Waals surface area (Å²) in [5, 5.41) is 11.7. The minimum absolute atomic E-state index is 0.0690. The Hall–Kier alpha value is -3.64. The standard InChI is InChI=1S/C25H17ClFNO4/c26-17-7-4-14(5-8-17)22-21(23(29)16-6-9-20-15(12-16)10-11-32-20)24(30)25(31)28(22)19-3-1-2-18(27)13-19/h1-9,12-13,22,29H,10-11H2/b23-21-. The van der Waals surface area contributed by atoms with Gasteiger partial charge in [0.25, 0.3) is 11.7 Å². The molecule has 32 heavy (non-hydrogen) atoms. The molecule has 0 bridgehead atoms. The Morgan fingerprint density at radius 2 is 1.84 bits per heavy atom. The Balaban J connectivity index is 1.71. The van der Waals surface area contributed by atoms with Gasteiger partial charge in [-0.25, -0.2) is 4.39 Å². The first kappa shape index (κ1) is 20.3. The zero-order valence-corrected chi connectivity index (χ0v) is 17.5. The second kappa shape index (κ2) is 7.80. The molecule has 0 spiro atoms. The summed E-state index contributed by atoms with van der Waals surface area (Å²) in [6.07, 6.45) is 0.689. The van der Waals surface area contributed by atoms with Crippen LogP contribution in [0.2, 0.25) is 5.02 Å². The molecule has 1 N–H and O–H groups in total. The number of benzene rings is 3. The topological polar surface area (TPSA) is 66.8 Å². The number of amides is 1. The molecule has 7 heteroatoms. The number of carbonyl (C=O) groups excluding carboxylic acids is 2. The van der Waals surface area contributed by atoms with Gasteiger partial charge in [0.1, 0.15) is 17.3 Å². The fourth-order valence-corrected chi connectivity index (χ4v) is 4.30. The fraction of sp³-hybridized carbons (Fsp3) is 0.120. The van der Waals surface area contributed by atoms with E-state index in [-0.39, 0.29) is 17.0 Å². The number of hydrogen-bond acceptors (Lipinski definition) is 4. The third kappa shape index (κ3) is 3.33. The lowest BCUT2D eigenvalue weighted by atomic mass is 9.94. The van der Waals surface area contributed by atoms with Crippen LogP contribution in [0.15, 0.2) is 72.3 Å².